The lowest BCUT2D eigenvalue weighted by Crippen LogP contribution is -2.49. The Balaban J connectivity index is 0.816. The third kappa shape index (κ3) is 9.70. The lowest BCUT2D eigenvalue weighted by Gasteiger charge is -2.40. The highest BCUT2D eigenvalue weighted by molar-refractivity contribution is 6.05. The molecule has 3 saturated heterocycles. The van der Waals surface area contributed by atoms with Crippen LogP contribution in [-0.2, 0) is 10.2 Å². The fourth-order valence-electron chi connectivity index (χ4n) is 8.40. The minimum absolute atomic E-state index is 0.139. The molecule has 62 heavy (non-hydrogen) atoms. The number of carbonyl (C=O) groups is 3. The van der Waals surface area contributed by atoms with Gasteiger partial charge in [0.2, 0.25) is 5.91 Å². The molecule has 16 heteroatoms. The summed E-state index contributed by atoms with van der Waals surface area (Å²) in [6.45, 7) is 16.8. The van der Waals surface area contributed by atoms with Gasteiger partial charge in [-0.3, -0.25) is 24.7 Å². The fraction of sp³-hybridized carbons (Fsp3) is 0.413. The molecule has 5 aromatic rings. The third-order valence-electron chi connectivity index (χ3n) is 12.0. The molecule has 2 aromatic heterocycles. The number of hydrogen-bond donors (Lipinski definition) is 3. The maximum atomic E-state index is 15.7. The standard InChI is InChI=1S/C46H54FN11O4/c1-29-23-37(38(47)25-36(29)30(2)50-42(60)43-53-44(54-62-43)46(3,4)5)39-26-40(49-28-48-39)51-32-7-6-8-35(24-32)57-21-19-55(20-22-57)27-31-13-16-56(17-14-31)33-9-11-34(12-10-33)58-18-15-41(59)52-45(58)61/h6-12,23-26,28,30-31H,13-22,27H2,1-5H3,(H,50,60)(H,48,49,51)(H,52,59,61)/t30-/m1/s1. The zero-order chi connectivity index (χ0) is 43.5. The molecule has 3 aromatic carbocycles. The summed E-state index contributed by atoms with van der Waals surface area (Å²) in [5, 5.41) is 12.6. The van der Waals surface area contributed by atoms with Crippen LogP contribution in [0.4, 0.5) is 37.8 Å². The second kappa shape index (κ2) is 17.9. The number of benzene rings is 3. The number of carbonyl (C=O) groups excluding carboxylic acids is 3. The van der Waals surface area contributed by atoms with Crippen molar-refractivity contribution in [3.8, 4) is 11.3 Å². The van der Waals surface area contributed by atoms with Crippen LogP contribution in [0.15, 0.2) is 77.6 Å². The van der Waals surface area contributed by atoms with Crippen molar-refractivity contribution in [3.05, 3.63) is 102 Å². The van der Waals surface area contributed by atoms with Crippen molar-refractivity contribution >= 4 is 46.4 Å². The Kier molecular flexibility index (Phi) is 12.2. The molecule has 1 atom stereocenters. The van der Waals surface area contributed by atoms with Gasteiger partial charge in [-0.25, -0.2) is 19.2 Å². The van der Waals surface area contributed by atoms with E-state index in [1.807, 2.05) is 52.0 Å². The molecule has 3 aliphatic heterocycles. The van der Waals surface area contributed by atoms with Crippen molar-refractivity contribution in [1.82, 2.24) is 35.6 Å². The second-order valence-electron chi connectivity index (χ2n) is 17.5. The molecule has 0 spiro atoms. The van der Waals surface area contributed by atoms with Crippen molar-refractivity contribution in [2.45, 2.75) is 65.3 Å². The third-order valence-corrected chi connectivity index (χ3v) is 12.0. The molecule has 5 heterocycles. The average molecular weight is 844 g/mol. The zero-order valence-corrected chi connectivity index (χ0v) is 35.9. The first-order chi connectivity index (χ1) is 29.8. The van der Waals surface area contributed by atoms with Gasteiger partial charge in [-0.05, 0) is 98.3 Å². The van der Waals surface area contributed by atoms with Crippen LogP contribution in [0.5, 0.6) is 0 Å². The normalized spacial score (nSPS) is 17.2. The topological polar surface area (TPSA) is 165 Å². The summed E-state index contributed by atoms with van der Waals surface area (Å²) < 4.78 is 20.9. The Labute approximate surface area is 361 Å². The van der Waals surface area contributed by atoms with Crippen LogP contribution in [0.25, 0.3) is 11.3 Å². The molecule has 3 fully saturated rings. The van der Waals surface area contributed by atoms with Crippen LogP contribution in [0.1, 0.15) is 80.6 Å². The van der Waals surface area contributed by atoms with Gasteiger partial charge in [-0.2, -0.15) is 4.98 Å². The average Bonchev–Trinajstić information content (AvgIpc) is 3.78. The van der Waals surface area contributed by atoms with Crippen LogP contribution < -0.4 is 30.7 Å². The fourth-order valence-corrected chi connectivity index (χ4v) is 8.40. The van der Waals surface area contributed by atoms with Crippen LogP contribution >= 0.6 is 0 Å². The summed E-state index contributed by atoms with van der Waals surface area (Å²) in [5.41, 5.74) is 5.76. The van der Waals surface area contributed by atoms with Gasteiger partial charge in [0.1, 0.15) is 18.0 Å². The first kappa shape index (κ1) is 42.3. The van der Waals surface area contributed by atoms with E-state index in [2.05, 4.69) is 75.0 Å². The second-order valence-corrected chi connectivity index (χ2v) is 17.5. The van der Waals surface area contributed by atoms with Gasteiger partial charge in [-0.1, -0.05) is 32.0 Å². The van der Waals surface area contributed by atoms with Gasteiger partial charge in [0.05, 0.1) is 11.7 Å². The quantitative estimate of drug-likeness (QED) is 0.125. The highest BCUT2D eigenvalue weighted by atomic mass is 19.1. The van der Waals surface area contributed by atoms with Gasteiger partial charge in [0.15, 0.2) is 5.82 Å². The maximum Gasteiger partial charge on any atom is 0.328 e. The van der Waals surface area contributed by atoms with E-state index in [1.54, 1.807) is 24.0 Å². The first-order valence-corrected chi connectivity index (χ1v) is 21.4. The number of anilines is 5. The van der Waals surface area contributed by atoms with Gasteiger partial charge >= 0.3 is 17.8 Å². The van der Waals surface area contributed by atoms with Crippen molar-refractivity contribution in [3.63, 3.8) is 0 Å². The van der Waals surface area contributed by atoms with Crippen molar-refractivity contribution in [2.24, 2.45) is 5.92 Å². The molecule has 0 bridgehead atoms. The van der Waals surface area contributed by atoms with Crippen LogP contribution in [0, 0.1) is 18.7 Å². The lowest BCUT2D eigenvalue weighted by molar-refractivity contribution is -0.120. The number of halogens is 1. The summed E-state index contributed by atoms with van der Waals surface area (Å²) in [5.74, 6) is 0.258. The Morgan fingerprint density at radius 3 is 2.34 bits per heavy atom. The first-order valence-electron chi connectivity index (χ1n) is 21.4. The van der Waals surface area contributed by atoms with E-state index in [0.717, 1.165) is 87.0 Å². The monoisotopic (exact) mass is 843 g/mol. The molecule has 0 aliphatic carbocycles. The van der Waals surface area contributed by atoms with E-state index >= 15 is 4.39 Å². The number of piperidine rings is 1. The predicted molar refractivity (Wildman–Crippen MR) is 236 cm³/mol. The minimum Gasteiger partial charge on any atom is -0.372 e. The summed E-state index contributed by atoms with van der Waals surface area (Å²) >= 11 is 0. The molecule has 324 valence electrons. The molecule has 0 radical (unpaired) electrons. The van der Waals surface area contributed by atoms with Crippen LogP contribution in [0.3, 0.4) is 0 Å². The SMILES string of the molecule is Cc1cc(-c2cc(Nc3cccc(N4CCN(CC5CCN(c6ccc(N7CCC(=O)NC7=O)cc6)CC5)CC4)c3)ncn2)c(F)cc1[C@@H](C)NC(=O)c1nc(C(C)(C)C)no1. The molecule has 15 nitrogen and oxygen atoms in total. The lowest BCUT2D eigenvalue weighted by atomic mass is 9.95. The number of urea groups is 1. The number of piperazine rings is 1. The summed E-state index contributed by atoms with van der Waals surface area (Å²) in [7, 11) is 0. The summed E-state index contributed by atoms with van der Waals surface area (Å²) in [4.78, 5) is 58.7. The van der Waals surface area contributed by atoms with Crippen LogP contribution in [0.2, 0.25) is 0 Å². The number of aromatic nitrogens is 4. The van der Waals surface area contributed by atoms with E-state index in [0.29, 0.717) is 47.3 Å². The molecule has 3 N–H and O–H groups in total. The largest absolute Gasteiger partial charge is 0.372 e. The molecule has 0 saturated carbocycles. The molecule has 0 unspecified atom stereocenters. The zero-order valence-electron chi connectivity index (χ0n) is 35.9. The minimum atomic E-state index is -0.527. The van der Waals surface area contributed by atoms with Crippen molar-refractivity contribution in [2.75, 3.05) is 72.4 Å². The smallest absolute Gasteiger partial charge is 0.328 e. The predicted octanol–water partition coefficient (Wildman–Crippen LogP) is 6.99. The number of rotatable bonds is 11. The van der Waals surface area contributed by atoms with Gasteiger partial charge in [0, 0.05) is 98.6 Å². The highest BCUT2D eigenvalue weighted by Gasteiger charge is 2.28. The Hall–Kier alpha value is -6.42. The van der Waals surface area contributed by atoms with Gasteiger partial charge in [-0.15, -0.1) is 0 Å². The van der Waals surface area contributed by atoms with Gasteiger partial charge < -0.3 is 25.0 Å². The Morgan fingerprint density at radius 1 is 0.903 bits per heavy atom. The summed E-state index contributed by atoms with van der Waals surface area (Å²) in [6.07, 6.45) is 4.01. The number of nitrogens with one attached hydrogen (secondary N) is 3. The van der Waals surface area contributed by atoms with Crippen LogP contribution in [-0.4, -0.2) is 95.2 Å². The highest BCUT2D eigenvalue weighted by Crippen LogP contribution is 2.31. The molecule has 4 amide bonds. The molecular formula is C46H54FN11O4. The van der Waals surface area contributed by atoms with E-state index in [-0.39, 0.29) is 23.2 Å². The van der Waals surface area contributed by atoms with E-state index < -0.39 is 17.8 Å². The molecule has 3 aliphatic rings. The van der Waals surface area contributed by atoms with E-state index in [9.17, 15) is 14.4 Å². The number of amides is 4. The maximum absolute atomic E-state index is 15.7. The van der Waals surface area contributed by atoms with Gasteiger partial charge in [0.25, 0.3) is 0 Å². The van der Waals surface area contributed by atoms with E-state index in [4.69, 9.17) is 4.52 Å². The molecule has 8 rings (SSSR count). The molecular weight excluding hydrogens is 790 g/mol. The van der Waals surface area contributed by atoms with Crippen molar-refractivity contribution in [1.29, 1.82) is 0 Å². The number of imide groups is 1. The van der Waals surface area contributed by atoms with Crippen molar-refractivity contribution < 1.29 is 23.3 Å². The number of aryl methyl sites for hydroxylation is 1. The summed E-state index contributed by atoms with van der Waals surface area (Å²) in [6, 6.07) is 20.4. The van der Waals surface area contributed by atoms with E-state index in [1.165, 1.54) is 12.4 Å². The number of hydrogen-bond acceptors (Lipinski definition) is 12. The Morgan fingerprint density at radius 2 is 1.63 bits per heavy atom. The Bertz CT molecular complexity index is 2420. The number of nitrogens with zero attached hydrogens (tertiary/aromatic N) is 8.